The molecule has 0 aromatic heterocycles. The van der Waals surface area contributed by atoms with Crippen molar-refractivity contribution in [2.45, 2.75) is 84.1 Å². The standard InChI is InChI=1S/C21H33N3O2/c1-14(25)26-13-21-9-3-4-19(21)17-6-5-15-12-16(23-24-22)7-10-20(15,2)18(17)8-11-21/h15-19H,3-13H2,1-2H3/t15?,16-,17+,18-,19+,20-,21-/m0/s1. The highest BCUT2D eigenvalue weighted by atomic mass is 16.5. The number of fused-ring (bicyclic) bond motifs is 5. The third-order valence-corrected chi connectivity index (χ3v) is 8.94. The van der Waals surface area contributed by atoms with Crippen LogP contribution in [0.2, 0.25) is 0 Å². The molecular formula is C21H33N3O2. The van der Waals surface area contributed by atoms with Crippen molar-refractivity contribution in [2.24, 2.45) is 39.6 Å². The number of nitrogens with zero attached hydrogens (tertiary/aromatic N) is 3. The Kier molecular flexibility index (Phi) is 4.71. The van der Waals surface area contributed by atoms with Crippen LogP contribution < -0.4 is 0 Å². The molecule has 0 aromatic rings. The fourth-order valence-corrected chi connectivity index (χ4v) is 7.70. The number of ether oxygens (including phenoxy) is 1. The van der Waals surface area contributed by atoms with Crippen molar-refractivity contribution in [3.05, 3.63) is 10.4 Å². The maximum absolute atomic E-state index is 11.4. The molecular weight excluding hydrogens is 326 g/mol. The maximum atomic E-state index is 11.4. The zero-order valence-electron chi connectivity index (χ0n) is 16.3. The lowest BCUT2D eigenvalue weighted by molar-refractivity contribution is -0.154. The molecule has 0 aliphatic heterocycles. The predicted octanol–water partition coefficient (Wildman–Crippen LogP) is 5.64. The molecule has 1 unspecified atom stereocenters. The molecule has 4 rings (SSSR count). The zero-order chi connectivity index (χ0) is 18.4. The lowest BCUT2D eigenvalue weighted by atomic mass is 9.45. The van der Waals surface area contributed by atoms with Gasteiger partial charge in [0.1, 0.15) is 0 Å². The van der Waals surface area contributed by atoms with Gasteiger partial charge in [0, 0.05) is 23.3 Å². The summed E-state index contributed by atoms with van der Waals surface area (Å²) < 4.78 is 5.55. The van der Waals surface area contributed by atoms with Crippen LogP contribution in [-0.4, -0.2) is 18.6 Å². The summed E-state index contributed by atoms with van der Waals surface area (Å²) in [6, 6.07) is 0.216. The summed E-state index contributed by atoms with van der Waals surface area (Å²) in [7, 11) is 0. The second-order valence-electron chi connectivity index (χ2n) is 9.86. The number of hydrogen-bond acceptors (Lipinski definition) is 3. The van der Waals surface area contributed by atoms with Gasteiger partial charge in [-0.1, -0.05) is 18.5 Å². The lowest BCUT2D eigenvalue weighted by Crippen LogP contribution is -2.54. The molecule has 0 spiro atoms. The van der Waals surface area contributed by atoms with Gasteiger partial charge in [0.15, 0.2) is 0 Å². The Bertz CT molecular complexity index is 616. The van der Waals surface area contributed by atoms with Crippen LogP contribution in [0.5, 0.6) is 0 Å². The van der Waals surface area contributed by atoms with Crippen LogP contribution in [-0.2, 0) is 9.53 Å². The fraction of sp³-hybridized carbons (Fsp3) is 0.952. The average molecular weight is 360 g/mol. The topological polar surface area (TPSA) is 75.1 Å². The molecule has 4 fully saturated rings. The summed E-state index contributed by atoms with van der Waals surface area (Å²) in [6.45, 7) is 4.73. The van der Waals surface area contributed by atoms with E-state index < -0.39 is 0 Å². The number of carbonyl (C=O) groups excluding carboxylic acids is 1. The minimum Gasteiger partial charge on any atom is -0.465 e. The van der Waals surface area contributed by atoms with Crippen LogP contribution in [0.4, 0.5) is 0 Å². The van der Waals surface area contributed by atoms with Crippen LogP contribution in [0.25, 0.3) is 10.4 Å². The molecule has 5 heteroatoms. The average Bonchev–Trinajstić information content (AvgIpc) is 3.05. The predicted molar refractivity (Wildman–Crippen MR) is 100 cm³/mol. The second kappa shape index (κ2) is 6.74. The Balaban J connectivity index is 1.54. The molecule has 144 valence electrons. The first-order chi connectivity index (χ1) is 12.5. The third kappa shape index (κ3) is 2.83. The van der Waals surface area contributed by atoms with Gasteiger partial charge in [-0.15, -0.1) is 0 Å². The van der Waals surface area contributed by atoms with Gasteiger partial charge in [0.25, 0.3) is 0 Å². The Morgan fingerprint density at radius 1 is 1.15 bits per heavy atom. The van der Waals surface area contributed by atoms with E-state index in [4.69, 9.17) is 10.3 Å². The first kappa shape index (κ1) is 18.2. The molecule has 5 nitrogen and oxygen atoms in total. The highest BCUT2D eigenvalue weighted by Gasteiger charge is 2.59. The highest BCUT2D eigenvalue weighted by molar-refractivity contribution is 5.65. The van der Waals surface area contributed by atoms with Crippen LogP contribution in [0.1, 0.15) is 78.1 Å². The summed E-state index contributed by atoms with van der Waals surface area (Å²) in [4.78, 5) is 14.5. The van der Waals surface area contributed by atoms with E-state index in [2.05, 4.69) is 16.9 Å². The molecule has 0 radical (unpaired) electrons. The number of azide groups is 1. The zero-order valence-corrected chi connectivity index (χ0v) is 16.3. The van der Waals surface area contributed by atoms with E-state index in [1.54, 1.807) is 6.92 Å². The van der Waals surface area contributed by atoms with E-state index in [0.717, 1.165) is 36.5 Å². The quantitative estimate of drug-likeness (QED) is 0.283. The van der Waals surface area contributed by atoms with E-state index in [1.165, 1.54) is 51.4 Å². The van der Waals surface area contributed by atoms with Gasteiger partial charge < -0.3 is 4.74 Å². The van der Waals surface area contributed by atoms with Gasteiger partial charge in [-0.05, 0) is 92.4 Å². The van der Waals surface area contributed by atoms with Gasteiger partial charge in [0.05, 0.1) is 6.61 Å². The molecule has 4 saturated carbocycles. The summed E-state index contributed by atoms with van der Waals surface area (Å²) in [5, 5.41) is 4.05. The molecule has 0 saturated heterocycles. The Morgan fingerprint density at radius 3 is 2.77 bits per heavy atom. The Labute approximate surface area is 156 Å². The van der Waals surface area contributed by atoms with Crippen molar-refractivity contribution >= 4 is 5.97 Å². The monoisotopic (exact) mass is 359 g/mol. The van der Waals surface area contributed by atoms with Crippen molar-refractivity contribution < 1.29 is 9.53 Å². The summed E-state index contributed by atoms with van der Waals surface area (Å²) in [5.74, 6) is 2.95. The normalized spacial score (nSPS) is 47.1. The molecule has 0 bridgehead atoms. The number of hydrogen-bond donors (Lipinski definition) is 0. The number of carbonyl (C=O) groups is 1. The maximum Gasteiger partial charge on any atom is 0.302 e. The number of rotatable bonds is 3. The van der Waals surface area contributed by atoms with Crippen molar-refractivity contribution in [2.75, 3.05) is 6.61 Å². The summed E-state index contributed by atoms with van der Waals surface area (Å²) >= 11 is 0. The van der Waals surface area contributed by atoms with E-state index >= 15 is 0 Å². The summed E-state index contributed by atoms with van der Waals surface area (Å²) in [6.07, 6.45) is 12.4. The lowest BCUT2D eigenvalue weighted by Gasteiger charge is -2.60. The molecule has 4 aliphatic rings. The molecule has 7 atom stereocenters. The second-order valence-corrected chi connectivity index (χ2v) is 9.86. The highest BCUT2D eigenvalue weighted by Crippen LogP contribution is 2.66. The van der Waals surface area contributed by atoms with Crippen LogP contribution in [0.3, 0.4) is 0 Å². The van der Waals surface area contributed by atoms with Crippen molar-refractivity contribution in [3.63, 3.8) is 0 Å². The van der Waals surface area contributed by atoms with Gasteiger partial charge in [-0.3, -0.25) is 4.79 Å². The molecule has 0 aromatic carbocycles. The van der Waals surface area contributed by atoms with Crippen LogP contribution in [0.15, 0.2) is 5.11 Å². The summed E-state index contributed by atoms with van der Waals surface area (Å²) in [5.41, 5.74) is 9.49. The van der Waals surface area contributed by atoms with E-state index in [0.29, 0.717) is 12.0 Å². The molecule has 0 amide bonds. The van der Waals surface area contributed by atoms with E-state index in [-0.39, 0.29) is 17.4 Å². The first-order valence-electron chi connectivity index (χ1n) is 10.7. The molecule has 4 aliphatic carbocycles. The third-order valence-electron chi connectivity index (χ3n) is 8.94. The van der Waals surface area contributed by atoms with Crippen LogP contribution in [0, 0.1) is 34.5 Å². The minimum absolute atomic E-state index is 0.126. The van der Waals surface area contributed by atoms with E-state index in [9.17, 15) is 4.79 Å². The van der Waals surface area contributed by atoms with Gasteiger partial charge >= 0.3 is 5.97 Å². The smallest absolute Gasteiger partial charge is 0.302 e. The molecule has 26 heavy (non-hydrogen) atoms. The van der Waals surface area contributed by atoms with Crippen molar-refractivity contribution in [1.82, 2.24) is 0 Å². The van der Waals surface area contributed by atoms with Crippen molar-refractivity contribution in [1.29, 1.82) is 0 Å². The Morgan fingerprint density at radius 2 is 2.00 bits per heavy atom. The minimum atomic E-state index is -0.126. The van der Waals surface area contributed by atoms with E-state index in [1.807, 2.05) is 0 Å². The number of esters is 1. The van der Waals surface area contributed by atoms with Gasteiger partial charge in [0.2, 0.25) is 0 Å². The molecule has 0 N–H and O–H groups in total. The fourth-order valence-electron chi connectivity index (χ4n) is 7.70. The Hall–Kier alpha value is -1.22. The van der Waals surface area contributed by atoms with Crippen LogP contribution >= 0.6 is 0 Å². The SMILES string of the molecule is CC(=O)OC[C@@]12CCC[C@@H]1[C@@H]1CCC3C[C@@H](N=[N+]=[N-])CC[C@]3(C)[C@H]1CC2. The van der Waals surface area contributed by atoms with Crippen molar-refractivity contribution in [3.8, 4) is 0 Å². The van der Waals surface area contributed by atoms with Gasteiger partial charge in [-0.25, -0.2) is 0 Å². The largest absolute Gasteiger partial charge is 0.465 e. The van der Waals surface area contributed by atoms with Gasteiger partial charge in [-0.2, -0.15) is 0 Å². The molecule has 0 heterocycles. The first-order valence-corrected chi connectivity index (χ1v) is 10.7.